The van der Waals surface area contributed by atoms with Crippen LogP contribution < -0.4 is 20.7 Å². The van der Waals surface area contributed by atoms with Gasteiger partial charge in [0.2, 0.25) is 0 Å². The fraction of sp³-hybridized carbons (Fsp3) is 0. The Balaban J connectivity index is 0.972. The summed E-state index contributed by atoms with van der Waals surface area (Å²) in [6.45, 7) is 0. The van der Waals surface area contributed by atoms with Gasteiger partial charge < -0.3 is 18.3 Å². The van der Waals surface area contributed by atoms with Gasteiger partial charge in [0.1, 0.15) is 0 Å². The van der Waals surface area contributed by atoms with Crippen LogP contribution >= 0.6 is 0 Å². The van der Waals surface area contributed by atoms with Gasteiger partial charge in [-0.3, -0.25) is 0 Å². The van der Waals surface area contributed by atoms with E-state index in [1.807, 2.05) is 102 Å². The lowest BCUT2D eigenvalue weighted by Gasteiger charge is -2.34. The Morgan fingerprint density at radius 2 is 0.602 bits per heavy atom. The second-order valence-corrected chi connectivity index (χ2v) is 24.1. The minimum absolute atomic E-state index is 0.108. The minimum atomic E-state index is -6.15. The highest BCUT2D eigenvalue weighted by molar-refractivity contribution is 7.19. The number of hydrogen-bond acceptors (Lipinski definition) is 0. The summed E-state index contributed by atoms with van der Waals surface area (Å²) in [5.74, 6) is 0. The maximum absolute atomic E-state index is 10.5. The highest BCUT2D eigenvalue weighted by Crippen LogP contribution is 2.43. The van der Waals surface area contributed by atoms with Crippen LogP contribution in [0.5, 0.6) is 0 Å². The Kier molecular flexibility index (Phi) is 7.18. The quantitative estimate of drug-likeness (QED) is 0.101. The van der Waals surface area contributed by atoms with Crippen LogP contribution in [0.15, 0.2) is 315 Å². The fourth-order valence-electron chi connectivity index (χ4n) is 12.9. The molecule has 0 spiro atoms. The third kappa shape index (κ3) is 7.05. The number of hydrogen-bond donors (Lipinski definition) is 0. The van der Waals surface area contributed by atoms with E-state index in [1.54, 1.807) is 12.1 Å². The Bertz CT molecular complexity index is 6220. The molecule has 0 aliphatic rings. The number of rotatable bonds is 9. The molecule has 0 radical (unpaired) electrons. The number of benzene rings is 13. The molecule has 0 aliphatic heterocycles. The van der Waals surface area contributed by atoms with Crippen LogP contribution in [0.4, 0.5) is 0 Å². The van der Waals surface area contributed by atoms with Crippen molar-refractivity contribution in [1.29, 1.82) is 0 Å². The molecule has 0 N–H and O–H groups in total. The minimum Gasteiger partial charge on any atom is -0.309 e. The number of aromatic nitrogens is 4. The standard InChI is InChI=1S/C78H52N4Si/c1-4-23-58(24-5-1)83(59-25-6-2-7-26-59,60-27-8-3-9-28-60)61-46-43-53(44-47-61)54-49-56(80-71-37-18-12-31-64(71)65-32-13-19-38-72(65)80)51-57(50-54)81-74-40-21-15-34-67(74)78-76(81)41-22-42-77(78)82-73-39-20-14-33-66(73)68-52-55(45-48-75(68)82)79-69-35-16-10-29-62(69)63-30-11-17-36-70(63)79/h1-52H/i1D,2D,3D,4D,5D,6D,7D,8D,9D,23D,24D,25D,26D,27D,28D,43D,44D,46D,47D. The summed E-state index contributed by atoms with van der Waals surface area (Å²) < 4.78 is 189. The third-order valence-corrected chi connectivity index (χ3v) is 20.3. The van der Waals surface area contributed by atoms with E-state index in [0.717, 1.165) is 98.6 Å². The zero-order valence-electron chi connectivity index (χ0n) is 62.8. The van der Waals surface area contributed by atoms with E-state index >= 15 is 0 Å². The molecule has 83 heavy (non-hydrogen) atoms. The van der Waals surface area contributed by atoms with Crippen molar-refractivity contribution in [3.05, 3.63) is 315 Å². The van der Waals surface area contributed by atoms with Crippen LogP contribution in [0.2, 0.25) is 0 Å². The Hall–Kier alpha value is -10.7. The van der Waals surface area contributed by atoms with Crippen molar-refractivity contribution in [2.24, 2.45) is 0 Å². The first-order valence-electron chi connectivity index (χ1n) is 36.6. The van der Waals surface area contributed by atoms with E-state index in [1.165, 1.54) is 0 Å². The monoisotopic (exact) mass is 1090 g/mol. The molecule has 0 fully saturated rings. The lowest BCUT2D eigenvalue weighted by molar-refractivity contribution is 1.13. The summed E-state index contributed by atoms with van der Waals surface area (Å²) in [7, 11) is -6.15. The van der Waals surface area contributed by atoms with Gasteiger partial charge in [-0.25, -0.2) is 0 Å². The predicted molar refractivity (Wildman–Crippen MR) is 353 cm³/mol. The Morgan fingerprint density at radius 1 is 0.241 bits per heavy atom. The lowest BCUT2D eigenvalue weighted by atomic mass is 10.0. The molecule has 0 unspecified atom stereocenters. The zero-order valence-corrected chi connectivity index (χ0v) is 44.8. The second kappa shape index (κ2) is 18.7. The van der Waals surface area contributed by atoms with Crippen LogP contribution in [0, 0.1) is 0 Å². The maximum atomic E-state index is 10.5. The van der Waals surface area contributed by atoms with E-state index in [-0.39, 0.29) is 11.1 Å². The van der Waals surface area contributed by atoms with Gasteiger partial charge >= 0.3 is 0 Å². The molecule has 17 rings (SSSR count). The van der Waals surface area contributed by atoms with Crippen molar-refractivity contribution in [1.82, 2.24) is 18.3 Å². The molecule has 4 heterocycles. The fourth-order valence-corrected chi connectivity index (χ4v) is 16.4. The molecule has 0 bridgehead atoms. The normalized spacial score (nSPS) is 15.3. The molecule has 13 aromatic carbocycles. The summed E-state index contributed by atoms with van der Waals surface area (Å²) in [6.07, 6.45) is 0. The molecule has 0 aliphatic carbocycles. The molecule has 388 valence electrons. The largest absolute Gasteiger partial charge is 0.309 e. The Labute approximate surface area is 507 Å². The molecular weight excluding hydrogens is 1020 g/mol. The molecule has 5 heteroatoms. The average Bonchev–Trinajstić information content (AvgIpc) is 0.937. The van der Waals surface area contributed by atoms with Crippen LogP contribution in [0.25, 0.3) is 121 Å². The van der Waals surface area contributed by atoms with Gasteiger partial charge in [0.05, 0.1) is 75.9 Å². The highest BCUT2D eigenvalue weighted by Gasteiger charge is 2.41. The first-order chi connectivity index (χ1) is 49.1. The average molecular weight is 1090 g/mol. The number of nitrogens with zero attached hydrogens (tertiary/aromatic N) is 4. The molecule has 0 saturated carbocycles. The summed E-state index contributed by atoms with van der Waals surface area (Å²) in [5.41, 5.74) is 9.73. The van der Waals surface area contributed by atoms with E-state index in [9.17, 15) is 13.7 Å². The van der Waals surface area contributed by atoms with Gasteiger partial charge in [-0.15, -0.1) is 0 Å². The van der Waals surface area contributed by atoms with Gasteiger partial charge in [-0.1, -0.05) is 230 Å². The van der Waals surface area contributed by atoms with E-state index in [2.05, 4.69) is 105 Å². The van der Waals surface area contributed by atoms with Crippen molar-refractivity contribution in [3.8, 4) is 33.9 Å². The summed E-state index contributed by atoms with van der Waals surface area (Å²) >= 11 is 0. The SMILES string of the molecule is [2H]c1c([2H])c([2H])c([Si](c2c([2H])c([2H])c([2H])c([2H])c2[2H])(c2c([2H])c([2H])c([2H])c([2H])c2[2H])c2c([2H])c([2H])c(-c3cc(-n4c5ccccc5c5ccccc54)cc(-n4c5ccccc5c5c(-n6c7ccccc7c7cc(-n8c9ccccc9c9ccccc98)ccc76)cccc54)c3)c([2H])c2[2H])c([2H])c1[2H]. The van der Waals surface area contributed by atoms with E-state index in [0.29, 0.717) is 11.4 Å². The molecule has 4 aromatic heterocycles. The van der Waals surface area contributed by atoms with Gasteiger partial charge in [0, 0.05) is 60.2 Å². The van der Waals surface area contributed by atoms with Crippen molar-refractivity contribution < 1.29 is 26.0 Å². The van der Waals surface area contributed by atoms with Gasteiger partial charge in [0.15, 0.2) is 8.07 Å². The maximum Gasteiger partial charge on any atom is 0.179 e. The van der Waals surface area contributed by atoms with Gasteiger partial charge in [-0.05, 0) is 117 Å². The first kappa shape index (κ1) is 31.9. The van der Waals surface area contributed by atoms with Crippen molar-refractivity contribution in [2.45, 2.75) is 0 Å². The van der Waals surface area contributed by atoms with Crippen LogP contribution in [0.1, 0.15) is 26.0 Å². The van der Waals surface area contributed by atoms with Crippen LogP contribution in [0.3, 0.4) is 0 Å². The van der Waals surface area contributed by atoms with Crippen LogP contribution in [-0.2, 0) is 0 Å². The molecule has 17 aromatic rings. The smallest absolute Gasteiger partial charge is 0.179 e. The molecule has 0 saturated heterocycles. The Morgan fingerprint density at radius 3 is 1.08 bits per heavy atom. The highest BCUT2D eigenvalue weighted by atomic mass is 28.3. The molecule has 4 nitrogen and oxygen atoms in total. The predicted octanol–water partition coefficient (Wildman–Crippen LogP) is 17.1. The number of para-hydroxylation sites is 6. The lowest BCUT2D eigenvalue weighted by Crippen LogP contribution is -2.74. The second-order valence-electron chi connectivity index (χ2n) is 20.6. The summed E-state index contributed by atoms with van der Waals surface area (Å²) in [4.78, 5) is 0. The zero-order chi connectivity index (χ0) is 71.1. The van der Waals surface area contributed by atoms with Crippen LogP contribution in [-0.4, -0.2) is 26.3 Å². The molecule has 0 atom stereocenters. The summed E-state index contributed by atoms with van der Waals surface area (Å²) in [6, 6.07) is 47.5. The van der Waals surface area contributed by atoms with Gasteiger partial charge in [0.25, 0.3) is 0 Å². The summed E-state index contributed by atoms with van der Waals surface area (Å²) in [5, 5.41) is 4.15. The third-order valence-electron chi connectivity index (χ3n) is 16.3. The van der Waals surface area contributed by atoms with Crippen molar-refractivity contribution >= 4 is 116 Å². The first-order valence-corrected chi connectivity index (χ1v) is 29.1. The van der Waals surface area contributed by atoms with Crippen molar-refractivity contribution in [2.75, 3.05) is 0 Å². The van der Waals surface area contributed by atoms with E-state index in [4.69, 9.17) is 12.3 Å². The van der Waals surface area contributed by atoms with Crippen molar-refractivity contribution in [3.63, 3.8) is 0 Å². The molecular formula is C78H52N4Si. The molecule has 0 amide bonds. The topological polar surface area (TPSA) is 19.7 Å². The number of fused-ring (bicyclic) bond motifs is 12. The van der Waals surface area contributed by atoms with E-state index < -0.39 is 144 Å². The van der Waals surface area contributed by atoms with Gasteiger partial charge in [-0.2, -0.15) is 0 Å².